The molecule has 0 radical (unpaired) electrons. The highest BCUT2D eigenvalue weighted by Crippen LogP contribution is 1.93. The van der Waals surface area contributed by atoms with Crippen LogP contribution in [-0.4, -0.2) is 23.8 Å². The van der Waals surface area contributed by atoms with Crippen LogP contribution >= 0.6 is 0 Å². The lowest BCUT2D eigenvalue weighted by molar-refractivity contribution is 0.190. The number of nitrogens with one attached hydrogen (secondary N) is 1. The highest BCUT2D eigenvalue weighted by Gasteiger charge is 2.02. The molecular formula is C6H14N2O2. The van der Waals surface area contributed by atoms with Crippen molar-refractivity contribution in [3.8, 4) is 0 Å². The van der Waals surface area contributed by atoms with Gasteiger partial charge in [0.2, 0.25) is 0 Å². The van der Waals surface area contributed by atoms with Crippen molar-refractivity contribution in [2.45, 2.75) is 25.8 Å². The zero-order valence-corrected chi connectivity index (χ0v) is 6.13. The molecule has 0 aliphatic rings. The van der Waals surface area contributed by atoms with Gasteiger partial charge in [0.15, 0.2) is 0 Å². The maximum Gasteiger partial charge on any atom is 0.404 e. The zero-order chi connectivity index (χ0) is 7.98. The third kappa shape index (κ3) is 5.37. The molecule has 4 heteroatoms. The number of hydrogen-bond acceptors (Lipinski definition) is 2. The van der Waals surface area contributed by atoms with Crippen molar-refractivity contribution in [1.29, 1.82) is 0 Å². The first-order chi connectivity index (χ1) is 4.66. The van der Waals surface area contributed by atoms with E-state index >= 15 is 0 Å². The summed E-state index contributed by atoms with van der Waals surface area (Å²) in [6.07, 6.45) is 0.703. The maximum atomic E-state index is 10.0. The molecule has 0 aromatic rings. The summed E-state index contributed by atoms with van der Waals surface area (Å²) in [5, 5.41) is 10.6. The SMILES string of the molecule is CC(CCCN)NC(=O)O. The van der Waals surface area contributed by atoms with E-state index in [0.717, 1.165) is 12.8 Å². The Kier molecular flexibility index (Phi) is 4.66. The Morgan fingerprint density at radius 1 is 1.80 bits per heavy atom. The highest BCUT2D eigenvalue weighted by molar-refractivity contribution is 5.64. The van der Waals surface area contributed by atoms with Crippen LogP contribution in [0.25, 0.3) is 0 Å². The molecule has 1 amide bonds. The highest BCUT2D eigenvalue weighted by atomic mass is 16.4. The molecule has 0 saturated carbocycles. The summed E-state index contributed by atoms with van der Waals surface area (Å²) in [6.45, 7) is 2.44. The second kappa shape index (κ2) is 5.05. The van der Waals surface area contributed by atoms with Crippen molar-refractivity contribution in [2.24, 2.45) is 5.73 Å². The van der Waals surface area contributed by atoms with Gasteiger partial charge in [0.1, 0.15) is 0 Å². The third-order valence-corrected chi connectivity index (χ3v) is 1.21. The van der Waals surface area contributed by atoms with Crippen LogP contribution in [0.2, 0.25) is 0 Å². The summed E-state index contributed by atoms with van der Waals surface area (Å²) >= 11 is 0. The van der Waals surface area contributed by atoms with Crippen molar-refractivity contribution >= 4 is 6.09 Å². The fraction of sp³-hybridized carbons (Fsp3) is 0.833. The molecule has 1 atom stereocenters. The van der Waals surface area contributed by atoms with Crippen LogP contribution in [0.4, 0.5) is 4.79 Å². The number of nitrogens with two attached hydrogens (primary N) is 1. The lowest BCUT2D eigenvalue weighted by atomic mass is 10.2. The molecule has 0 bridgehead atoms. The van der Waals surface area contributed by atoms with Crippen LogP contribution in [0.3, 0.4) is 0 Å². The summed E-state index contributed by atoms with van der Waals surface area (Å²) in [4.78, 5) is 10.0. The van der Waals surface area contributed by atoms with Crippen molar-refractivity contribution in [2.75, 3.05) is 6.54 Å². The molecule has 0 aliphatic heterocycles. The van der Waals surface area contributed by atoms with Crippen LogP contribution < -0.4 is 11.1 Å². The van der Waals surface area contributed by atoms with Crippen LogP contribution in [0.1, 0.15) is 19.8 Å². The van der Waals surface area contributed by atoms with E-state index in [1.165, 1.54) is 0 Å². The molecule has 4 N–H and O–H groups in total. The van der Waals surface area contributed by atoms with Gasteiger partial charge >= 0.3 is 6.09 Å². The standard InChI is InChI=1S/C6H14N2O2/c1-5(3-2-4-7)8-6(9)10/h5,8H,2-4,7H2,1H3,(H,9,10). The Morgan fingerprint density at radius 3 is 2.80 bits per heavy atom. The quantitative estimate of drug-likeness (QED) is 0.536. The van der Waals surface area contributed by atoms with E-state index in [1.54, 1.807) is 0 Å². The van der Waals surface area contributed by atoms with E-state index in [0.29, 0.717) is 6.54 Å². The predicted molar refractivity (Wildman–Crippen MR) is 38.9 cm³/mol. The van der Waals surface area contributed by atoms with Gasteiger partial charge in [-0.25, -0.2) is 4.79 Å². The van der Waals surface area contributed by atoms with Gasteiger partial charge in [-0.3, -0.25) is 0 Å². The molecule has 10 heavy (non-hydrogen) atoms. The van der Waals surface area contributed by atoms with Crippen molar-refractivity contribution in [3.63, 3.8) is 0 Å². The topological polar surface area (TPSA) is 75.3 Å². The van der Waals surface area contributed by atoms with Crippen LogP contribution in [0, 0.1) is 0 Å². The monoisotopic (exact) mass is 146 g/mol. The van der Waals surface area contributed by atoms with Crippen LogP contribution in [0.15, 0.2) is 0 Å². The van der Waals surface area contributed by atoms with E-state index in [4.69, 9.17) is 10.8 Å². The molecule has 4 nitrogen and oxygen atoms in total. The Morgan fingerprint density at radius 2 is 2.40 bits per heavy atom. The number of hydrogen-bond donors (Lipinski definition) is 3. The minimum absolute atomic E-state index is 0.0149. The average Bonchev–Trinajstić information content (AvgIpc) is 1.82. The van der Waals surface area contributed by atoms with Gasteiger partial charge in [-0.2, -0.15) is 0 Å². The molecule has 1 unspecified atom stereocenters. The summed E-state index contributed by atoms with van der Waals surface area (Å²) in [6, 6.07) is 0.0149. The molecule has 0 fully saturated rings. The van der Waals surface area contributed by atoms with E-state index in [1.807, 2.05) is 6.92 Å². The molecule has 0 rings (SSSR count). The lowest BCUT2D eigenvalue weighted by Gasteiger charge is -2.08. The van der Waals surface area contributed by atoms with Crippen LogP contribution in [-0.2, 0) is 0 Å². The Bertz CT molecular complexity index is 106. The van der Waals surface area contributed by atoms with Gasteiger partial charge in [0.05, 0.1) is 0 Å². The predicted octanol–water partition coefficient (Wildman–Crippen LogP) is 0.381. The fourth-order valence-electron chi connectivity index (χ4n) is 0.707. The first kappa shape index (κ1) is 9.23. The van der Waals surface area contributed by atoms with E-state index in [-0.39, 0.29) is 6.04 Å². The Labute approximate surface area is 60.4 Å². The average molecular weight is 146 g/mol. The van der Waals surface area contributed by atoms with E-state index < -0.39 is 6.09 Å². The summed E-state index contributed by atoms with van der Waals surface area (Å²) in [7, 11) is 0. The summed E-state index contributed by atoms with van der Waals surface area (Å²) in [5.41, 5.74) is 5.23. The molecular weight excluding hydrogens is 132 g/mol. The Balaban J connectivity index is 3.25. The minimum Gasteiger partial charge on any atom is -0.465 e. The molecule has 0 heterocycles. The molecule has 0 spiro atoms. The molecule has 0 aromatic heterocycles. The van der Waals surface area contributed by atoms with Crippen molar-refractivity contribution in [1.82, 2.24) is 5.32 Å². The largest absolute Gasteiger partial charge is 0.465 e. The van der Waals surface area contributed by atoms with E-state index in [2.05, 4.69) is 5.32 Å². The van der Waals surface area contributed by atoms with Gasteiger partial charge in [-0.1, -0.05) is 0 Å². The molecule has 60 valence electrons. The fourth-order valence-corrected chi connectivity index (χ4v) is 0.707. The first-order valence-electron chi connectivity index (χ1n) is 3.36. The summed E-state index contributed by atoms with van der Waals surface area (Å²) in [5.74, 6) is 0. The Hall–Kier alpha value is -0.770. The number of amides is 1. The van der Waals surface area contributed by atoms with E-state index in [9.17, 15) is 4.79 Å². The van der Waals surface area contributed by atoms with Gasteiger partial charge in [-0.05, 0) is 26.3 Å². The first-order valence-corrected chi connectivity index (χ1v) is 3.36. The second-order valence-electron chi connectivity index (χ2n) is 2.28. The number of carboxylic acid groups (broad SMARTS) is 1. The molecule has 0 aliphatic carbocycles. The second-order valence-corrected chi connectivity index (χ2v) is 2.28. The maximum absolute atomic E-state index is 10.0. The van der Waals surface area contributed by atoms with Gasteiger partial charge in [-0.15, -0.1) is 0 Å². The summed E-state index contributed by atoms with van der Waals surface area (Å²) < 4.78 is 0. The van der Waals surface area contributed by atoms with Gasteiger partial charge in [0, 0.05) is 6.04 Å². The van der Waals surface area contributed by atoms with Crippen LogP contribution in [0.5, 0.6) is 0 Å². The van der Waals surface area contributed by atoms with Gasteiger partial charge in [0.25, 0.3) is 0 Å². The lowest BCUT2D eigenvalue weighted by Crippen LogP contribution is -2.31. The van der Waals surface area contributed by atoms with Crippen molar-refractivity contribution in [3.05, 3.63) is 0 Å². The van der Waals surface area contributed by atoms with Crippen molar-refractivity contribution < 1.29 is 9.90 Å². The molecule has 0 aromatic carbocycles. The zero-order valence-electron chi connectivity index (χ0n) is 6.13. The minimum atomic E-state index is -0.968. The molecule has 0 saturated heterocycles. The number of rotatable bonds is 4. The third-order valence-electron chi connectivity index (χ3n) is 1.21. The number of carbonyl (C=O) groups is 1. The normalized spacial score (nSPS) is 12.6. The van der Waals surface area contributed by atoms with Gasteiger partial charge < -0.3 is 16.2 Å². The smallest absolute Gasteiger partial charge is 0.404 e.